The van der Waals surface area contributed by atoms with Gasteiger partial charge in [0.15, 0.2) is 0 Å². The van der Waals surface area contributed by atoms with Crippen LogP contribution in [0.4, 0.5) is 0 Å². The van der Waals surface area contributed by atoms with Gasteiger partial charge in [-0.25, -0.2) is 4.98 Å². The van der Waals surface area contributed by atoms with Crippen LogP contribution in [0.15, 0.2) is 42.7 Å². The van der Waals surface area contributed by atoms with Crippen LogP contribution in [0.3, 0.4) is 0 Å². The van der Waals surface area contributed by atoms with Crippen molar-refractivity contribution < 1.29 is 4.79 Å². The summed E-state index contributed by atoms with van der Waals surface area (Å²) in [6, 6.07) is 9.47. The average Bonchev–Trinajstić information content (AvgIpc) is 3.26. The van der Waals surface area contributed by atoms with Crippen LogP contribution < -0.4 is 10.6 Å². The Bertz CT molecular complexity index is 844. The molecule has 25 heavy (non-hydrogen) atoms. The van der Waals surface area contributed by atoms with Crippen molar-refractivity contribution in [2.75, 3.05) is 6.54 Å². The van der Waals surface area contributed by atoms with Gasteiger partial charge in [-0.2, -0.15) is 5.10 Å². The van der Waals surface area contributed by atoms with E-state index in [1.165, 1.54) is 5.69 Å². The molecule has 0 saturated carbocycles. The van der Waals surface area contributed by atoms with Crippen LogP contribution in [0.1, 0.15) is 28.2 Å². The van der Waals surface area contributed by atoms with E-state index in [4.69, 9.17) is 0 Å². The Balaban J connectivity index is 1.43. The Morgan fingerprint density at radius 3 is 3.16 bits per heavy atom. The highest BCUT2D eigenvalue weighted by Gasteiger charge is 2.12. The molecule has 3 heterocycles. The predicted octanol–water partition coefficient (Wildman–Crippen LogP) is 1.70. The Kier molecular flexibility index (Phi) is 4.30. The smallest absolute Gasteiger partial charge is 0.251 e. The zero-order valence-corrected chi connectivity index (χ0v) is 13.8. The molecule has 1 aromatic carbocycles. The highest BCUT2D eigenvalue weighted by molar-refractivity contribution is 5.95. The first-order valence-corrected chi connectivity index (χ1v) is 8.44. The number of rotatable bonds is 4. The Hall–Kier alpha value is -2.93. The second-order valence-electron chi connectivity index (χ2n) is 6.08. The highest BCUT2D eigenvalue weighted by Crippen LogP contribution is 2.16. The molecule has 0 aliphatic carbocycles. The summed E-state index contributed by atoms with van der Waals surface area (Å²) in [6.07, 6.45) is 4.53. The SMILES string of the molecule is O=C(NCc1cc2n(n1)CCCNC2)c1cccc(-c2ncc[nH]2)c1. The van der Waals surface area contributed by atoms with Gasteiger partial charge in [-0.05, 0) is 31.2 Å². The second kappa shape index (κ2) is 6.90. The van der Waals surface area contributed by atoms with Crippen molar-refractivity contribution in [2.24, 2.45) is 0 Å². The van der Waals surface area contributed by atoms with Gasteiger partial charge in [0.05, 0.1) is 17.9 Å². The highest BCUT2D eigenvalue weighted by atomic mass is 16.1. The van der Waals surface area contributed by atoms with Crippen molar-refractivity contribution in [3.63, 3.8) is 0 Å². The fourth-order valence-corrected chi connectivity index (χ4v) is 3.01. The number of hydrogen-bond donors (Lipinski definition) is 3. The van der Waals surface area contributed by atoms with Gasteiger partial charge in [-0.3, -0.25) is 9.48 Å². The molecule has 2 aromatic heterocycles. The maximum absolute atomic E-state index is 12.4. The summed E-state index contributed by atoms with van der Waals surface area (Å²) >= 11 is 0. The molecule has 0 fully saturated rings. The van der Waals surface area contributed by atoms with Gasteiger partial charge in [0.25, 0.3) is 5.91 Å². The number of aryl methyl sites for hydroxylation is 1. The first-order valence-electron chi connectivity index (χ1n) is 8.44. The molecule has 1 aliphatic rings. The average molecular weight is 336 g/mol. The standard InChI is InChI=1S/C18H20N6O/c25-18(14-4-1-3-13(9-14)17-20-6-7-21-17)22-11-15-10-16-12-19-5-2-8-24(16)23-15/h1,3-4,6-7,9-10,19H,2,5,8,11-12H2,(H,20,21)(H,22,25). The van der Waals surface area contributed by atoms with Gasteiger partial charge in [0.2, 0.25) is 0 Å². The summed E-state index contributed by atoms with van der Waals surface area (Å²) in [6.45, 7) is 3.18. The molecule has 0 bridgehead atoms. The lowest BCUT2D eigenvalue weighted by atomic mass is 10.1. The summed E-state index contributed by atoms with van der Waals surface area (Å²) < 4.78 is 2.03. The normalized spacial score (nSPS) is 13.9. The topological polar surface area (TPSA) is 87.6 Å². The molecule has 3 aromatic rings. The van der Waals surface area contributed by atoms with Crippen molar-refractivity contribution in [3.05, 3.63) is 59.7 Å². The number of carbonyl (C=O) groups excluding carboxylic acids is 1. The van der Waals surface area contributed by atoms with E-state index in [0.29, 0.717) is 12.1 Å². The molecule has 0 spiro atoms. The van der Waals surface area contributed by atoms with E-state index < -0.39 is 0 Å². The third-order valence-corrected chi connectivity index (χ3v) is 4.27. The third-order valence-electron chi connectivity index (χ3n) is 4.27. The first-order chi connectivity index (χ1) is 12.3. The predicted molar refractivity (Wildman–Crippen MR) is 93.7 cm³/mol. The number of aromatic nitrogens is 4. The monoisotopic (exact) mass is 336 g/mol. The summed E-state index contributed by atoms with van der Waals surface area (Å²) in [5, 5.41) is 10.9. The number of aromatic amines is 1. The number of fused-ring (bicyclic) bond motifs is 1. The molecule has 1 amide bonds. The molecule has 0 atom stereocenters. The number of benzene rings is 1. The zero-order valence-electron chi connectivity index (χ0n) is 13.8. The van der Waals surface area contributed by atoms with Crippen molar-refractivity contribution >= 4 is 5.91 Å². The lowest BCUT2D eigenvalue weighted by molar-refractivity contribution is 0.0950. The van der Waals surface area contributed by atoms with Crippen LogP contribution in [-0.4, -0.2) is 32.2 Å². The van der Waals surface area contributed by atoms with Gasteiger partial charge in [-0.15, -0.1) is 0 Å². The van der Waals surface area contributed by atoms with Gasteiger partial charge in [0, 0.05) is 36.6 Å². The fraction of sp³-hybridized carbons (Fsp3) is 0.278. The molecule has 7 nitrogen and oxygen atoms in total. The van der Waals surface area contributed by atoms with Crippen molar-refractivity contribution in [2.45, 2.75) is 26.1 Å². The second-order valence-corrected chi connectivity index (χ2v) is 6.08. The van der Waals surface area contributed by atoms with Crippen LogP contribution in [-0.2, 0) is 19.6 Å². The van der Waals surface area contributed by atoms with Crippen LogP contribution >= 0.6 is 0 Å². The zero-order chi connectivity index (χ0) is 17.1. The molecule has 1 aliphatic heterocycles. The maximum Gasteiger partial charge on any atom is 0.251 e. The van der Waals surface area contributed by atoms with E-state index in [1.54, 1.807) is 18.5 Å². The van der Waals surface area contributed by atoms with Crippen LogP contribution in [0.25, 0.3) is 11.4 Å². The molecule has 0 unspecified atom stereocenters. The van der Waals surface area contributed by atoms with E-state index in [1.807, 2.05) is 22.9 Å². The third kappa shape index (κ3) is 3.46. The number of H-pyrrole nitrogens is 1. The lowest BCUT2D eigenvalue weighted by Gasteiger charge is -2.05. The van der Waals surface area contributed by atoms with Gasteiger partial charge in [0.1, 0.15) is 5.82 Å². The molecule has 0 radical (unpaired) electrons. The number of carbonyl (C=O) groups is 1. The van der Waals surface area contributed by atoms with Gasteiger partial charge >= 0.3 is 0 Å². The van der Waals surface area contributed by atoms with Crippen molar-refractivity contribution in [1.29, 1.82) is 0 Å². The van der Waals surface area contributed by atoms with Crippen molar-refractivity contribution in [3.8, 4) is 11.4 Å². The number of hydrogen-bond acceptors (Lipinski definition) is 4. The number of nitrogens with zero attached hydrogens (tertiary/aromatic N) is 3. The van der Waals surface area contributed by atoms with E-state index in [-0.39, 0.29) is 5.91 Å². The quantitative estimate of drug-likeness (QED) is 0.677. The fourth-order valence-electron chi connectivity index (χ4n) is 3.01. The molecule has 128 valence electrons. The summed E-state index contributed by atoms with van der Waals surface area (Å²) in [7, 11) is 0. The van der Waals surface area contributed by atoms with Crippen LogP contribution in [0.5, 0.6) is 0 Å². The van der Waals surface area contributed by atoms with Crippen LogP contribution in [0.2, 0.25) is 0 Å². The van der Waals surface area contributed by atoms with Crippen molar-refractivity contribution in [1.82, 2.24) is 30.4 Å². The van der Waals surface area contributed by atoms with E-state index in [9.17, 15) is 4.79 Å². The molecule has 3 N–H and O–H groups in total. The van der Waals surface area contributed by atoms with Gasteiger partial charge in [-0.1, -0.05) is 12.1 Å². The summed E-state index contributed by atoms with van der Waals surface area (Å²) in [5.41, 5.74) is 3.55. The number of imidazole rings is 1. The molecular formula is C18H20N6O. The summed E-state index contributed by atoms with van der Waals surface area (Å²) in [4.78, 5) is 19.7. The molecule has 7 heteroatoms. The first kappa shape index (κ1) is 15.6. The minimum Gasteiger partial charge on any atom is -0.346 e. The number of nitrogens with one attached hydrogen (secondary N) is 3. The Morgan fingerprint density at radius 1 is 1.32 bits per heavy atom. The minimum absolute atomic E-state index is 0.116. The Morgan fingerprint density at radius 2 is 2.28 bits per heavy atom. The van der Waals surface area contributed by atoms with E-state index >= 15 is 0 Å². The van der Waals surface area contributed by atoms with Gasteiger partial charge < -0.3 is 15.6 Å². The summed E-state index contributed by atoms with van der Waals surface area (Å²) in [5.74, 6) is 0.634. The lowest BCUT2D eigenvalue weighted by Crippen LogP contribution is -2.23. The van der Waals surface area contributed by atoms with E-state index in [2.05, 4.69) is 31.8 Å². The molecule has 0 saturated heterocycles. The maximum atomic E-state index is 12.4. The minimum atomic E-state index is -0.116. The molecular weight excluding hydrogens is 316 g/mol. The van der Waals surface area contributed by atoms with Crippen LogP contribution in [0, 0.1) is 0 Å². The molecule has 4 rings (SSSR count). The number of amides is 1. The Labute approximate surface area is 145 Å². The largest absolute Gasteiger partial charge is 0.346 e. The van der Waals surface area contributed by atoms with E-state index in [0.717, 1.165) is 43.1 Å².